The minimum Gasteiger partial charge on any atom is -0.507 e. The minimum absolute atomic E-state index is 0.0457. The molecular weight excluding hydrogens is 879 g/mol. The van der Waals surface area contributed by atoms with Crippen LogP contribution in [0.1, 0.15) is 69.1 Å². The summed E-state index contributed by atoms with van der Waals surface area (Å²) >= 11 is 5.28. The van der Waals surface area contributed by atoms with Crippen molar-refractivity contribution in [2.75, 3.05) is 21.3 Å². The molecule has 0 atom stereocenters. The number of aromatic hydroxyl groups is 1. The van der Waals surface area contributed by atoms with Crippen molar-refractivity contribution in [2.24, 2.45) is 0 Å². The zero-order valence-electron chi connectivity index (χ0n) is 31.6. The van der Waals surface area contributed by atoms with Crippen molar-refractivity contribution in [1.82, 2.24) is 0 Å². The van der Waals surface area contributed by atoms with Gasteiger partial charge in [0.2, 0.25) is 9.23 Å². The van der Waals surface area contributed by atoms with Crippen molar-refractivity contribution < 1.29 is 95.3 Å². The summed E-state index contributed by atoms with van der Waals surface area (Å²) in [6.45, 7) is 4.81. The molecule has 0 aromatic heterocycles. The highest BCUT2D eigenvalue weighted by Gasteiger charge is 2.17. The summed E-state index contributed by atoms with van der Waals surface area (Å²) in [6.07, 6.45) is 0.500. The zero-order valence-corrected chi connectivity index (χ0v) is 34.7. The summed E-state index contributed by atoms with van der Waals surface area (Å²) in [5, 5.41) is 8.40. The quantitative estimate of drug-likeness (QED) is 0.118. The number of hydrogen-bond donors (Lipinski definition) is 1. The lowest BCUT2D eigenvalue weighted by molar-refractivity contribution is -0.193. The number of carbonyl (C=O) groups excluding carboxylic acids is 12. The molecule has 24 heteroatoms. The van der Waals surface area contributed by atoms with Gasteiger partial charge in [-0.1, -0.05) is 24.3 Å². The molecule has 3 rings (SSSR count). The van der Waals surface area contributed by atoms with E-state index in [1.165, 1.54) is 91.5 Å². The molecule has 0 heterocycles. The Labute approximate surface area is 350 Å². The molecule has 0 aliphatic carbocycles. The van der Waals surface area contributed by atoms with Gasteiger partial charge in [-0.2, -0.15) is 19.2 Å². The number of benzene rings is 3. The number of hydrogen-bond acceptors (Lipinski definition) is 20. The largest absolute Gasteiger partial charge is 0.507 e. The van der Waals surface area contributed by atoms with Crippen LogP contribution in [-0.2, 0) is 66.5 Å². The maximum absolute atomic E-state index is 11.4. The summed E-state index contributed by atoms with van der Waals surface area (Å²) in [4.78, 5) is 118. The van der Waals surface area contributed by atoms with Crippen molar-refractivity contribution in [3.63, 3.8) is 0 Å². The van der Waals surface area contributed by atoms with Crippen LogP contribution in [0, 0.1) is 0 Å². The van der Waals surface area contributed by atoms with Gasteiger partial charge in [-0.3, -0.25) is 24.0 Å². The maximum atomic E-state index is 11.4. The molecule has 20 nitrogen and oxygen atoms in total. The van der Waals surface area contributed by atoms with E-state index in [1.54, 1.807) is 24.3 Å². The van der Waals surface area contributed by atoms with E-state index in [-0.39, 0.29) is 51.8 Å². The van der Waals surface area contributed by atoms with E-state index in [2.05, 4.69) is 40.3 Å². The topological polar surface area (TPSA) is 298 Å². The van der Waals surface area contributed by atoms with Crippen molar-refractivity contribution in [3.8, 4) is 17.2 Å². The molecule has 59 heavy (non-hydrogen) atoms. The van der Waals surface area contributed by atoms with Gasteiger partial charge in [-0.15, -0.1) is 0 Å². The second kappa shape index (κ2) is 35.8. The van der Waals surface area contributed by atoms with E-state index in [0.29, 0.717) is 0 Å². The molecule has 0 saturated carbocycles. The Morgan fingerprint density at radius 1 is 0.559 bits per heavy atom. The van der Waals surface area contributed by atoms with Crippen LogP contribution in [0.3, 0.4) is 0 Å². The Kier molecular flexibility index (Phi) is 35.8. The highest BCUT2D eigenvalue weighted by Crippen LogP contribution is 2.23. The van der Waals surface area contributed by atoms with Gasteiger partial charge in [0.05, 0.1) is 21.3 Å². The molecule has 320 valence electrons. The lowest BCUT2D eigenvalue weighted by Gasteiger charge is -2.08. The molecule has 0 radical (unpaired) electrons. The first-order chi connectivity index (χ1) is 27.5. The molecule has 0 unspecified atom stereocenters. The Morgan fingerprint density at radius 2 is 0.898 bits per heavy atom. The van der Waals surface area contributed by atoms with Crippen LogP contribution < -0.4 is 9.47 Å². The third-order valence-corrected chi connectivity index (χ3v) is 5.23. The van der Waals surface area contributed by atoms with Crippen LogP contribution in [0.2, 0.25) is 0 Å². The average Bonchev–Trinajstić information content (AvgIpc) is 3.14. The van der Waals surface area contributed by atoms with E-state index in [1.807, 2.05) is 0 Å². The molecule has 1 N–H and O–H groups in total. The molecule has 0 spiro atoms. The summed E-state index contributed by atoms with van der Waals surface area (Å²) in [6, 6.07) is 16.5. The van der Waals surface area contributed by atoms with Gasteiger partial charge in [0.1, 0.15) is 33.9 Å². The van der Waals surface area contributed by atoms with E-state index in [4.69, 9.17) is 49.6 Å². The Hall–Kier alpha value is -6.60. The van der Waals surface area contributed by atoms with E-state index < -0.39 is 56.3 Å². The van der Waals surface area contributed by atoms with Crippen LogP contribution >= 0.6 is 33.0 Å². The van der Waals surface area contributed by atoms with Crippen molar-refractivity contribution in [2.45, 2.75) is 27.7 Å². The van der Waals surface area contributed by atoms with Crippen LogP contribution in [0.5, 0.6) is 17.2 Å². The van der Waals surface area contributed by atoms with E-state index in [0.717, 1.165) is 0 Å². The number of para-hydroxylation sites is 2. The first-order valence-corrected chi connectivity index (χ1v) is 18.0. The summed E-state index contributed by atoms with van der Waals surface area (Å²) in [5.74, 6) is -3.84. The molecule has 0 saturated heterocycles. The van der Waals surface area contributed by atoms with Crippen molar-refractivity contribution in [1.29, 1.82) is 0 Å². The standard InChI is InChI=1S/C11H9ClO5.C10H10O4.C8H8O3.C4H6O3.2CO2.Cl2OS/c1-6(13)17-9-5-7(10(12)14)3-4-8(9)11(15)16-2;1-7(11)14-9-6-4-3-5-8(9)10(12)13-2;1-11-8(10)6-4-2-3-5-7(6)9;1-3(5)7-4(2)6;2*2-1-3;1-4(2)3/h3-5H,1-2H3;3-6H,1-2H3;2-5,9H,1H3;1-2H3;;;. The molecular formula is C35H33Cl3O20S. The zero-order chi connectivity index (χ0) is 46.7. The van der Waals surface area contributed by atoms with Gasteiger partial charge in [0.15, 0.2) is 0 Å². The summed E-state index contributed by atoms with van der Waals surface area (Å²) in [5.41, 5.74) is 0.597. The molecule has 0 bridgehead atoms. The second-order valence-corrected chi connectivity index (χ2v) is 12.0. The number of phenolic OH excluding ortho intramolecular Hbond substituents is 1. The smallest absolute Gasteiger partial charge is 0.373 e. The number of halogens is 3. The monoisotopic (exact) mass is 910 g/mol. The normalized spacial score (nSPS) is 8.46. The van der Waals surface area contributed by atoms with Gasteiger partial charge in [0, 0.05) is 54.6 Å². The highest BCUT2D eigenvalue weighted by atomic mass is 36.0. The van der Waals surface area contributed by atoms with Crippen LogP contribution in [0.4, 0.5) is 0 Å². The van der Waals surface area contributed by atoms with Gasteiger partial charge in [-0.05, 0) is 54.1 Å². The fraction of sp³-hybridized carbons (Fsp3) is 0.200. The van der Waals surface area contributed by atoms with Crippen LogP contribution in [0.15, 0.2) is 66.7 Å². The van der Waals surface area contributed by atoms with Crippen molar-refractivity contribution in [3.05, 3.63) is 89.0 Å². The number of carbonyl (C=O) groups is 8. The van der Waals surface area contributed by atoms with Gasteiger partial charge in [0.25, 0.3) is 5.24 Å². The van der Waals surface area contributed by atoms with Gasteiger partial charge >= 0.3 is 54.1 Å². The number of ether oxygens (including phenoxy) is 6. The second-order valence-electron chi connectivity index (χ2n) is 9.10. The van der Waals surface area contributed by atoms with Crippen LogP contribution in [0.25, 0.3) is 0 Å². The molecule has 0 amide bonds. The lowest BCUT2D eigenvalue weighted by Crippen LogP contribution is -2.09. The molecule has 0 aliphatic heterocycles. The average molecular weight is 912 g/mol. The van der Waals surface area contributed by atoms with Crippen LogP contribution in [-0.4, -0.2) is 90.0 Å². The molecule has 3 aromatic carbocycles. The Morgan fingerprint density at radius 3 is 1.24 bits per heavy atom. The third kappa shape index (κ3) is 32.2. The number of methoxy groups -OCH3 is 3. The molecule has 0 aliphatic rings. The van der Waals surface area contributed by atoms with E-state index >= 15 is 0 Å². The first-order valence-electron chi connectivity index (χ1n) is 14.8. The molecule has 0 fully saturated rings. The lowest BCUT2D eigenvalue weighted by atomic mass is 10.1. The minimum atomic E-state index is -1.67. The third-order valence-electron chi connectivity index (χ3n) is 5.01. The molecule has 3 aromatic rings. The highest BCUT2D eigenvalue weighted by molar-refractivity contribution is 8.26. The maximum Gasteiger partial charge on any atom is 0.373 e. The predicted octanol–water partition coefficient (Wildman–Crippen LogP) is 4.33. The van der Waals surface area contributed by atoms with E-state index in [9.17, 15) is 38.4 Å². The Balaban J connectivity index is -0.000000326. The first kappa shape index (κ1) is 59.1. The predicted molar refractivity (Wildman–Crippen MR) is 200 cm³/mol. The number of esters is 7. The SMILES string of the molecule is CC(=O)OC(C)=O.COC(=O)c1ccc(C(=O)Cl)cc1OC(C)=O.COC(=O)c1ccccc1O.COC(=O)c1ccccc1OC(C)=O.O=C=O.O=C=O.O=S(Cl)Cl. The Bertz CT molecular complexity index is 1940. The fourth-order valence-corrected chi connectivity index (χ4v) is 3.23. The van der Waals surface area contributed by atoms with Gasteiger partial charge in [-0.25, -0.2) is 18.6 Å². The van der Waals surface area contributed by atoms with Crippen molar-refractivity contribution >= 4 is 102 Å². The fourth-order valence-electron chi connectivity index (χ4n) is 3.11. The number of phenols is 1. The number of rotatable bonds is 6. The summed E-state index contributed by atoms with van der Waals surface area (Å²) < 4.78 is 36.2. The summed E-state index contributed by atoms with van der Waals surface area (Å²) in [7, 11) is 11.1. The van der Waals surface area contributed by atoms with Gasteiger partial charge < -0.3 is 33.5 Å².